The number of ketones is 1. The number of Topliss-reactive ketones (excluding diaryl/α,β-unsaturated/α-hetero) is 1. The van der Waals surface area contributed by atoms with Crippen molar-refractivity contribution < 1.29 is 28.6 Å². The number of aryl methyl sites for hydroxylation is 1. The third-order valence-corrected chi connectivity index (χ3v) is 10.1. The molecule has 6 rings (SSSR count). The monoisotopic (exact) mass is 620 g/mol. The molecule has 2 aromatic rings. The first-order valence-corrected chi connectivity index (χ1v) is 16.8. The van der Waals surface area contributed by atoms with Crippen LogP contribution < -0.4 is 14.8 Å². The highest BCUT2D eigenvalue weighted by molar-refractivity contribution is 5.92. The van der Waals surface area contributed by atoms with Crippen molar-refractivity contribution in [1.29, 1.82) is 0 Å². The van der Waals surface area contributed by atoms with Gasteiger partial charge in [-0.05, 0) is 76.3 Å². The van der Waals surface area contributed by atoms with Gasteiger partial charge < -0.3 is 24.4 Å². The summed E-state index contributed by atoms with van der Waals surface area (Å²) in [4.78, 5) is 52.2. The van der Waals surface area contributed by atoms with Crippen LogP contribution in [0.25, 0.3) is 11.0 Å². The lowest BCUT2D eigenvalue weighted by molar-refractivity contribution is -0.141. The summed E-state index contributed by atoms with van der Waals surface area (Å²) in [6.45, 7) is 11.4. The lowest BCUT2D eigenvalue weighted by Gasteiger charge is -2.35. The number of carbonyl (C=O) groups excluding carboxylic acids is 3. The van der Waals surface area contributed by atoms with Gasteiger partial charge in [0, 0.05) is 17.9 Å². The van der Waals surface area contributed by atoms with Crippen LogP contribution in [0.1, 0.15) is 98.6 Å². The topological polar surface area (TPSA) is 120 Å². The van der Waals surface area contributed by atoms with Gasteiger partial charge in [0.15, 0.2) is 5.78 Å². The third kappa shape index (κ3) is 6.75. The summed E-state index contributed by atoms with van der Waals surface area (Å²) < 4.78 is 18.6. The van der Waals surface area contributed by atoms with Crippen LogP contribution in [0.5, 0.6) is 11.6 Å². The maximum absolute atomic E-state index is 14.3. The summed E-state index contributed by atoms with van der Waals surface area (Å²) in [5.74, 6) is 0.853. The summed E-state index contributed by atoms with van der Waals surface area (Å²) in [7, 11) is 0. The molecule has 2 aliphatic heterocycles. The zero-order valence-electron chi connectivity index (χ0n) is 27.6. The minimum atomic E-state index is -0.885. The van der Waals surface area contributed by atoms with Crippen LogP contribution in [0.15, 0.2) is 18.2 Å². The van der Waals surface area contributed by atoms with Crippen molar-refractivity contribution in [3.63, 3.8) is 0 Å². The van der Waals surface area contributed by atoms with Gasteiger partial charge >= 0.3 is 6.09 Å². The largest absolute Gasteiger partial charge is 0.490 e. The molecule has 2 amide bonds. The number of ether oxygens (including phenoxy) is 3. The number of aromatic nitrogens is 2. The summed E-state index contributed by atoms with van der Waals surface area (Å²) in [6.07, 6.45) is 7.39. The number of benzene rings is 1. The Morgan fingerprint density at radius 1 is 1.11 bits per heavy atom. The lowest BCUT2D eigenvalue weighted by atomic mass is 9.85. The van der Waals surface area contributed by atoms with Gasteiger partial charge in [0.1, 0.15) is 29.2 Å². The Bertz CT molecular complexity index is 1470. The van der Waals surface area contributed by atoms with E-state index in [1.54, 1.807) is 4.90 Å². The number of fused-ring (bicyclic) bond motifs is 5. The van der Waals surface area contributed by atoms with Crippen molar-refractivity contribution in [2.45, 2.75) is 129 Å². The van der Waals surface area contributed by atoms with Crippen molar-refractivity contribution in [1.82, 2.24) is 20.2 Å². The van der Waals surface area contributed by atoms with E-state index in [4.69, 9.17) is 24.2 Å². The predicted octanol–water partition coefficient (Wildman–Crippen LogP) is 5.78. The molecular weight excluding hydrogens is 572 g/mol. The van der Waals surface area contributed by atoms with E-state index in [2.05, 4.69) is 5.32 Å². The first-order chi connectivity index (χ1) is 21.4. The van der Waals surface area contributed by atoms with Crippen LogP contribution in [0.4, 0.5) is 4.79 Å². The second-order valence-electron chi connectivity index (χ2n) is 14.9. The van der Waals surface area contributed by atoms with Crippen LogP contribution in [0, 0.1) is 17.3 Å². The van der Waals surface area contributed by atoms with Crippen LogP contribution in [-0.4, -0.2) is 69.1 Å². The predicted molar refractivity (Wildman–Crippen MR) is 169 cm³/mol. The summed E-state index contributed by atoms with van der Waals surface area (Å²) >= 11 is 0. The van der Waals surface area contributed by atoms with E-state index >= 15 is 0 Å². The number of carbonyl (C=O) groups is 3. The Morgan fingerprint density at radius 3 is 2.58 bits per heavy atom. The molecule has 0 radical (unpaired) electrons. The highest BCUT2D eigenvalue weighted by Crippen LogP contribution is 2.50. The Labute approximate surface area is 266 Å². The smallest absolute Gasteiger partial charge is 0.408 e. The van der Waals surface area contributed by atoms with Gasteiger partial charge in [-0.3, -0.25) is 9.59 Å². The van der Waals surface area contributed by atoms with E-state index in [0.717, 1.165) is 61.9 Å². The molecule has 0 spiro atoms. The fourth-order valence-corrected chi connectivity index (χ4v) is 7.14. The summed E-state index contributed by atoms with van der Waals surface area (Å²) in [5.41, 5.74) is 1.12. The van der Waals surface area contributed by atoms with Crippen LogP contribution in [0.2, 0.25) is 0 Å². The van der Waals surface area contributed by atoms with E-state index in [9.17, 15) is 14.4 Å². The third-order valence-electron chi connectivity index (χ3n) is 10.1. The highest BCUT2D eigenvalue weighted by Gasteiger charge is 2.54. The molecule has 10 heteroatoms. The van der Waals surface area contributed by atoms with Gasteiger partial charge in [0.25, 0.3) is 0 Å². The maximum Gasteiger partial charge on any atom is 0.408 e. The standard InChI is InChI=1S/C35H48N4O6/c1-7-24-28-19-39(29(24)20(2)40)32(41)30(34(3,4)5)38-33(42)45-35(6)18-21(35)11-9-8-10-12-26-31(44-28)37-27-17-23(43-22-13-14-22)15-16-25(27)36-26/h15-17,21-22,24,28-30H,7-14,18-19H2,1-6H3,(H,38,42)/t21-,24-,28+,29-,30-,35-/m1/s1. The second-order valence-corrected chi connectivity index (χ2v) is 14.9. The SMILES string of the molecule is CC[C@@H]1[C@@H]2CN(C(=O)[C@H](C(C)(C)C)NC(=O)O[C@]3(C)C[C@H]3CCCCCc3nc4ccc(OC5CC5)cc4nc3O2)[C@@H]1C(C)=O. The number of nitrogens with one attached hydrogen (secondary N) is 1. The van der Waals surface area contributed by atoms with Crippen LogP contribution in [-0.2, 0) is 20.7 Å². The molecule has 1 aromatic carbocycles. The van der Waals surface area contributed by atoms with Crippen LogP contribution >= 0.6 is 0 Å². The molecule has 4 aliphatic rings. The van der Waals surface area contributed by atoms with E-state index in [-0.39, 0.29) is 30.3 Å². The fourth-order valence-electron chi connectivity index (χ4n) is 7.14. The number of amides is 2. The zero-order chi connectivity index (χ0) is 32.1. The number of nitrogens with zero attached hydrogens (tertiary/aromatic N) is 3. The molecule has 1 aromatic heterocycles. The molecule has 6 atom stereocenters. The first-order valence-electron chi connectivity index (χ1n) is 16.8. The highest BCUT2D eigenvalue weighted by atomic mass is 16.6. The Balaban J connectivity index is 1.37. The number of hydrogen-bond acceptors (Lipinski definition) is 8. The second kappa shape index (κ2) is 12.1. The number of rotatable bonds is 4. The quantitative estimate of drug-likeness (QED) is 0.457. The Hall–Kier alpha value is -3.43. The molecule has 2 saturated carbocycles. The normalized spacial score (nSPS) is 31.1. The minimum absolute atomic E-state index is 0.109. The molecule has 1 N–H and O–H groups in total. The fraction of sp³-hybridized carbons (Fsp3) is 0.686. The molecule has 10 nitrogen and oxygen atoms in total. The molecule has 2 bridgehead atoms. The van der Waals surface area contributed by atoms with Gasteiger partial charge in [-0.2, -0.15) is 0 Å². The number of hydrogen-bond donors (Lipinski definition) is 1. The van der Waals surface area contributed by atoms with Gasteiger partial charge in [-0.1, -0.05) is 40.5 Å². The maximum atomic E-state index is 14.3. The molecule has 1 saturated heterocycles. The molecule has 3 heterocycles. The van der Waals surface area contributed by atoms with E-state index in [1.807, 2.05) is 52.8 Å². The van der Waals surface area contributed by atoms with Gasteiger partial charge in [0.05, 0.1) is 29.7 Å². The molecule has 244 valence electrons. The van der Waals surface area contributed by atoms with Gasteiger partial charge in [0.2, 0.25) is 11.8 Å². The first kappa shape index (κ1) is 31.5. The van der Waals surface area contributed by atoms with Crippen molar-refractivity contribution >= 4 is 28.8 Å². The zero-order valence-corrected chi connectivity index (χ0v) is 27.6. The number of alkyl carbamates (subject to hydrolysis) is 1. The van der Waals surface area contributed by atoms with Crippen molar-refractivity contribution in [2.75, 3.05) is 6.54 Å². The molecule has 2 aliphatic carbocycles. The van der Waals surface area contributed by atoms with Crippen molar-refractivity contribution in [3.8, 4) is 11.6 Å². The van der Waals surface area contributed by atoms with Crippen LogP contribution in [0.3, 0.4) is 0 Å². The summed E-state index contributed by atoms with van der Waals surface area (Å²) in [6, 6.07) is 4.26. The molecule has 3 fully saturated rings. The lowest BCUT2D eigenvalue weighted by Crippen LogP contribution is -2.57. The van der Waals surface area contributed by atoms with Crippen molar-refractivity contribution in [2.24, 2.45) is 17.3 Å². The molecule has 0 unspecified atom stereocenters. The Kier molecular flexibility index (Phi) is 8.46. The average Bonchev–Trinajstić information content (AvgIpc) is 3.86. The van der Waals surface area contributed by atoms with Crippen molar-refractivity contribution in [3.05, 3.63) is 23.9 Å². The minimum Gasteiger partial charge on any atom is -0.490 e. The average molecular weight is 621 g/mol. The van der Waals surface area contributed by atoms with Gasteiger partial charge in [-0.25, -0.2) is 14.8 Å². The van der Waals surface area contributed by atoms with E-state index < -0.39 is 35.3 Å². The van der Waals surface area contributed by atoms with E-state index in [0.29, 0.717) is 30.2 Å². The van der Waals surface area contributed by atoms with Gasteiger partial charge in [-0.15, -0.1) is 0 Å². The van der Waals surface area contributed by atoms with E-state index in [1.165, 1.54) is 6.92 Å². The summed E-state index contributed by atoms with van der Waals surface area (Å²) in [5, 5.41) is 2.89. The Morgan fingerprint density at radius 2 is 1.89 bits per heavy atom. The molecule has 45 heavy (non-hydrogen) atoms. The molecular formula is C35H48N4O6.